The van der Waals surface area contributed by atoms with Gasteiger partial charge in [-0.15, -0.1) is 0 Å². The number of amides is 3. The summed E-state index contributed by atoms with van der Waals surface area (Å²) in [6.07, 6.45) is -0.212. The molecule has 3 unspecified atom stereocenters. The standard InChI is InChI=1S/C23H35N3O6S/c1-7-15(2)26(21(29)17(14-33)25-22(30)32-23(3,4)5)19(16-11-9-8-10-12-16)20(28)24-13-18(27)31-6/h8-12,15,17,19,33H,7,13-14H2,1-6H3,(H,24,28)(H,25,30). The van der Waals surface area contributed by atoms with E-state index in [1.165, 1.54) is 12.0 Å². The van der Waals surface area contributed by atoms with E-state index >= 15 is 0 Å². The molecule has 0 aliphatic carbocycles. The van der Waals surface area contributed by atoms with Gasteiger partial charge in [-0.3, -0.25) is 14.4 Å². The van der Waals surface area contributed by atoms with E-state index < -0.39 is 41.6 Å². The van der Waals surface area contributed by atoms with E-state index in [9.17, 15) is 19.2 Å². The highest BCUT2D eigenvalue weighted by Gasteiger charge is 2.38. The minimum atomic E-state index is -1.04. The summed E-state index contributed by atoms with van der Waals surface area (Å²) in [5.41, 5.74) is -0.186. The zero-order valence-corrected chi connectivity index (χ0v) is 21.0. The van der Waals surface area contributed by atoms with Gasteiger partial charge in [0.15, 0.2) is 0 Å². The molecule has 0 saturated carbocycles. The van der Waals surface area contributed by atoms with Gasteiger partial charge < -0.3 is 25.0 Å². The second kappa shape index (κ2) is 13.1. The van der Waals surface area contributed by atoms with Gasteiger partial charge in [-0.05, 0) is 39.7 Å². The molecule has 3 amide bonds. The maximum absolute atomic E-state index is 13.6. The predicted octanol–water partition coefficient (Wildman–Crippen LogP) is 2.47. The molecule has 1 aromatic carbocycles. The van der Waals surface area contributed by atoms with Gasteiger partial charge >= 0.3 is 12.1 Å². The second-order valence-corrected chi connectivity index (χ2v) is 8.86. The lowest BCUT2D eigenvalue weighted by Crippen LogP contribution is -2.56. The van der Waals surface area contributed by atoms with E-state index in [1.54, 1.807) is 51.1 Å². The Morgan fingerprint density at radius 3 is 2.21 bits per heavy atom. The predicted molar refractivity (Wildman–Crippen MR) is 128 cm³/mol. The fourth-order valence-electron chi connectivity index (χ4n) is 3.01. The van der Waals surface area contributed by atoms with Crippen molar-refractivity contribution in [3.63, 3.8) is 0 Å². The van der Waals surface area contributed by atoms with Crippen molar-refractivity contribution in [1.29, 1.82) is 0 Å². The topological polar surface area (TPSA) is 114 Å². The fraction of sp³-hybridized carbons (Fsp3) is 0.565. The van der Waals surface area contributed by atoms with Gasteiger partial charge in [0.2, 0.25) is 11.8 Å². The number of ether oxygens (including phenoxy) is 2. The molecule has 9 nitrogen and oxygen atoms in total. The molecule has 0 saturated heterocycles. The Kier molecular flexibility index (Phi) is 11.2. The molecule has 0 radical (unpaired) electrons. The molecule has 184 valence electrons. The molecular weight excluding hydrogens is 446 g/mol. The molecule has 0 aliphatic heterocycles. The number of alkyl carbamates (subject to hydrolysis) is 1. The van der Waals surface area contributed by atoms with E-state index in [2.05, 4.69) is 28.0 Å². The molecule has 3 atom stereocenters. The zero-order chi connectivity index (χ0) is 25.2. The van der Waals surface area contributed by atoms with Gasteiger partial charge in [-0.1, -0.05) is 37.3 Å². The van der Waals surface area contributed by atoms with Gasteiger partial charge in [-0.2, -0.15) is 12.6 Å². The largest absolute Gasteiger partial charge is 0.468 e. The Hall–Kier alpha value is -2.75. The van der Waals surface area contributed by atoms with Crippen molar-refractivity contribution in [3.8, 4) is 0 Å². The highest BCUT2D eigenvalue weighted by Crippen LogP contribution is 2.26. The lowest BCUT2D eigenvalue weighted by atomic mass is 10.00. The van der Waals surface area contributed by atoms with Crippen LogP contribution in [0.25, 0.3) is 0 Å². The average molecular weight is 482 g/mol. The van der Waals surface area contributed by atoms with Crippen LogP contribution >= 0.6 is 12.6 Å². The zero-order valence-electron chi connectivity index (χ0n) is 20.1. The molecule has 1 rings (SSSR count). The minimum Gasteiger partial charge on any atom is -0.468 e. The first-order chi connectivity index (χ1) is 15.4. The van der Waals surface area contributed by atoms with Crippen molar-refractivity contribution >= 4 is 36.5 Å². The summed E-state index contributed by atoms with van der Waals surface area (Å²) in [5, 5.41) is 5.09. The van der Waals surface area contributed by atoms with Crippen LogP contribution in [0.3, 0.4) is 0 Å². The maximum Gasteiger partial charge on any atom is 0.408 e. The molecular formula is C23H35N3O6S. The van der Waals surface area contributed by atoms with Gasteiger partial charge in [0.1, 0.15) is 24.2 Å². The Balaban J connectivity index is 3.33. The summed E-state index contributed by atoms with van der Waals surface area (Å²) in [6, 6.07) is 6.31. The molecule has 1 aromatic rings. The molecule has 0 heterocycles. The Labute approximate surface area is 201 Å². The van der Waals surface area contributed by atoms with E-state index in [0.717, 1.165) is 0 Å². The lowest BCUT2D eigenvalue weighted by molar-refractivity contribution is -0.146. The quantitative estimate of drug-likeness (QED) is 0.349. The highest BCUT2D eigenvalue weighted by molar-refractivity contribution is 7.80. The number of thiol groups is 1. The van der Waals surface area contributed by atoms with E-state index in [1.807, 2.05) is 13.8 Å². The normalized spacial score (nSPS) is 13.8. The number of carbonyl (C=O) groups excluding carboxylic acids is 4. The van der Waals surface area contributed by atoms with Crippen LogP contribution < -0.4 is 10.6 Å². The first kappa shape index (κ1) is 28.3. The molecule has 10 heteroatoms. The van der Waals surface area contributed by atoms with Crippen molar-refractivity contribution in [2.45, 2.75) is 64.8 Å². The lowest BCUT2D eigenvalue weighted by Gasteiger charge is -2.38. The maximum atomic E-state index is 13.6. The first-order valence-corrected chi connectivity index (χ1v) is 11.4. The van der Waals surface area contributed by atoms with Crippen LogP contribution in [-0.4, -0.2) is 65.9 Å². The Morgan fingerprint density at radius 2 is 1.73 bits per heavy atom. The van der Waals surface area contributed by atoms with Crippen LogP contribution in [0.1, 0.15) is 52.6 Å². The number of hydrogen-bond donors (Lipinski definition) is 3. The first-order valence-electron chi connectivity index (χ1n) is 10.8. The summed E-state index contributed by atoms with van der Waals surface area (Å²) in [7, 11) is 1.22. The number of carbonyl (C=O) groups is 4. The van der Waals surface area contributed by atoms with Crippen molar-refractivity contribution < 1.29 is 28.7 Å². The minimum absolute atomic E-state index is 0.00367. The smallest absolute Gasteiger partial charge is 0.408 e. The van der Waals surface area contributed by atoms with Crippen molar-refractivity contribution in [1.82, 2.24) is 15.5 Å². The van der Waals surface area contributed by atoms with Gasteiger partial charge in [0.05, 0.1) is 7.11 Å². The fourth-order valence-corrected chi connectivity index (χ4v) is 3.26. The van der Waals surface area contributed by atoms with Crippen molar-refractivity contribution in [2.75, 3.05) is 19.4 Å². The summed E-state index contributed by atoms with van der Waals surface area (Å²) in [4.78, 5) is 52.1. The third kappa shape index (κ3) is 8.95. The molecule has 0 aliphatic rings. The Bertz CT molecular complexity index is 812. The van der Waals surface area contributed by atoms with Gasteiger partial charge in [-0.25, -0.2) is 4.79 Å². The van der Waals surface area contributed by atoms with Crippen LogP contribution in [0.5, 0.6) is 0 Å². The average Bonchev–Trinajstić information content (AvgIpc) is 2.77. The Morgan fingerprint density at radius 1 is 1.12 bits per heavy atom. The third-order valence-electron chi connectivity index (χ3n) is 4.77. The highest BCUT2D eigenvalue weighted by atomic mass is 32.1. The summed E-state index contributed by atoms with van der Waals surface area (Å²) < 4.78 is 9.87. The molecule has 0 spiro atoms. The third-order valence-corrected chi connectivity index (χ3v) is 5.13. The number of nitrogens with zero attached hydrogens (tertiary/aromatic N) is 1. The van der Waals surface area contributed by atoms with Crippen LogP contribution in [0.2, 0.25) is 0 Å². The molecule has 33 heavy (non-hydrogen) atoms. The van der Waals surface area contributed by atoms with Crippen molar-refractivity contribution in [2.24, 2.45) is 0 Å². The van der Waals surface area contributed by atoms with E-state index in [0.29, 0.717) is 12.0 Å². The van der Waals surface area contributed by atoms with E-state index in [4.69, 9.17) is 4.74 Å². The molecule has 0 aromatic heterocycles. The van der Waals surface area contributed by atoms with Gasteiger partial charge in [0, 0.05) is 11.8 Å². The molecule has 2 N–H and O–H groups in total. The van der Waals surface area contributed by atoms with Crippen LogP contribution in [0.15, 0.2) is 30.3 Å². The molecule has 0 fully saturated rings. The monoisotopic (exact) mass is 481 g/mol. The number of esters is 1. The number of nitrogens with one attached hydrogen (secondary N) is 2. The number of methoxy groups -OCH3 is 1. The summed E-state index contributed by atoms with van der Waals surface area (Å²) in [6.45, 7) is 8.50. The van der Waals surface area contributed by atoms with Crippen LogP contribution in [0.4, 0.5) is 4.79 Å². The SMILES string of the molecule is CCC(C)N(C(=O)C(CS)NC(=O)OC(C)(C)C)C(C(=O)NCC(=O)OC)c1ccccc1. The van der Waals surface area contributed by atoms with E-state index in [-0.39, 0.29) is 18.3 Å². The number of benzene rings is 1. The number of hydrogen-bond acceptors (Lipinski definition) is 7. The summed E-state index contributed by atoms with van der Waals surface area (Å²) in [5.74, 6) is -1.66. The second-order valence-electron chi connectivity index (χ2n) is 8.49. The molecule has 0 bridgehead atoms. The summed E-state index contributed by atoms with van der Waals surface area (Å²) >= 11 is 4.24. The van der Waals surface area contributed by atoms with Crippen LogP contribution in [0, 0.1) is 0 Å². The van der Waals surface area contributed by atoms with Crippen molar-refractivity contribution in [3.05, 3.63) is 35.9 Å². The number of rotatable bonds is 10. The van der Waals surface area contributed by atoms with Gasteiger partial charge in [0.25, 0.3) is 0 Å². The van der Waals surface area contributed by atoms with Crippen LogP contribution in [-0.2, 0) is 23.9 Å².